The Kier molecular flexibility index (Phi) is 3.13. The molecule has 1 aromatic carbocycles. The van der Waals surface area contributed by atoms with Gasteiger partial charge in [-0.3, -0.25) is 14.9 Å². The molecule has 1 amide bonds. The Morgan fingerprint density at radius 3 is 2.63 bits per heavy atom. The quantitative estimate of drug-likeness (QED) is 0.497. The van der Waals surface area contributed by atoms with Crippen LogP contribution >= 0.6 is 0 Å². The van der Waals surface area contributed by atoms with Gasteiger partial charge in [0.15, 0.2) is 0 Å². The Balaban J connectivity index is 2.33. The van der Waals surface area contributed by atoms with Crippen molar-refractivity contribution in [1.82, 2.24) is 5.32 Å². The maximum Gasteiger partial charge on any atom is 0.295 e. The van der Waals surface area contributed by atoms with E-state index >= 15 is 0 Å². The van der Waals surface area contributed by atoms with Crippen molar-refractivity contribution in [2.45, 2.75) is 31.7 Å². The van der Waals surface area contributed by atoms with E-state index < -0.39 is 22.3 Å². The molecule has 102 valence electrons. The normalized spacial score (nSPS) is 16.5. The van der Waals surface area contributed by atoms with Gasteiger partial charge in [-0.15, -0.1) is 0 Å². The number of hydrogen-bond donors (Lipinski definition) is 2. The van der Waals surface area contributed by atoms with E-state index in [0.717, 1.165) is 25.3 Å². The third-order valence-corrected chi connectivity index (χ3v) is 3.44. The second-order valence-electron chi connectivity index (χ2n) is 5.01. The minimum atomic E-state index is -0.857. The Hall–Kier alpha value is -2.18. The standard InChI is InChI=1S/C12H14FN3O3/c1-12(3-2-4-12)15-11(17)8-5-7(13)6-9(10(8)14)16(18)19/h5-6H,2-4,14H2,1H3,(H,15,17). The van der Waals surface area contributed by atoms with Crippen LogP contribution in [0.25, 0.3) is 0 Å². The molecule has 1 aliphatic carbocycles. The molecule has 1 fully saturated rings. The minimum Gasteiger partial charge on any atom is -0.393 e. The first-order chi connectivity index (χ1) is 8.82. The van der Waals surface area contributed by atoms with Crippen molar-refractivity contribution in [2.24, 2.45) is 0 Å². The zero-order valence-electron chi connectivity index (χ0n) is 10.4. The highest BCUT2D eigenvalue weighted by Gasteiger charge is 2.34. The number of rotatable bonds is 3. The molecule has 7 heteroatoms. The Morgan fingerprint density at radius 2 is 2.16 bits per heavy atom. The molecule has 2 rings (SSSR count). The predicted octanol–water partition coefficient (Wildman–Crippen LogP) is 1.99. The lowest BCUT2D eigenvalue weighted by Crippen LogP contribution is -2.51. The molecule has 0 atom stereocenters. The van der Waals surface area contributed by atoms with Gasteiger partial charge in [-0.2, -0.15) is 0 Å². The average molecular weight is 267 g/mol. The van der Waals surface area contributed by atoms with Crippen LogP contribution in [-0.4, -0.2) is 16.4 Å². The molecule has 0 saturated heterocycles. The van der Waals surface area contributed by atoms with Gasteiger partial charge in [0.05, 0.1) is 16.6 Å². The number of nitrogens with zero attached hydrogens (tertiary/aromatic N) is 1. The number of anilines is 1. The molecule has 1 saturated carbocycles. The molecule has 0 unspecified atom stereocenters. The molecule has 3 N–H and O–H groups in total. The fourth-order valence-corrected chi connectivity index (χ4v) is 2.12. The summed E-state index contributed by atoms with van der Waals surface area (Å²) in [5.41, 5.74) is 4.13. The highest BCUT2D eigenvalue weighted by molar-refractivity contribution is 6.01. The van der Waals surface area contributed by atoms with Crippen molar-refractivity contribution in [3.05, 3.63) is 33.6 Å². The third-order valence-electron chi connectivity index (χ3n) is 3.44. The van der Waals surface area contributed by atoms with Crippen LogP contribution < -0.4 is 11.1 Å². The van der Waals surface area contributed by atoms with Crippen LogP contribution in [0.15, 0.2) is 12.1 Å². The van der Waals surface area contributed by atoms with E-state index in [1.807, 2.05) is 6.92 Å². The number of halogens is 1. The molecule has 0 aromatic heterocycles. The summed E-state index contributed by atoms with van der Waals surface area (Å²) < 4.78 is 13.3. The van der Waals surface area contributed by atoms with Crippen LogP contribution in [0.5, 0.6) is 0 Å². The topological polar surface area (TPSA) is 98.3 Å². The van der Waals surface area contributed by atoms with Crippen molar-refractivity contribution in [3.8, 4) is 0 Å². The van der Waals surface area contributed by atoms with Crippen LogP contribution in [0.2, 0.25) is 0 Å². The molecule has 0 aliphatic heterocycles. The number of nitrogen functional groups attached to an aromatic ring is 1. The number of carbonyl (C=O) groups is 1. The first-order valence-corrected chi connectivity index (χ1v) is 5.88. The first-order valence-electron chi connectivity index (χ1n) is 5.88. The van der Waals surface area contributed by atoms with Gasteiger partial charge >= 0.3 is 0 Å². The highest BCUT2D eigenvalue weighted by atomic mass is 19.1. The van der Waals surface area contributed by atoms with E-state index in [2.05, 4.69) is 5.32 Å². The SMILES string of the molecule is CC1(NC(=O)c2cc(F)cc([N+](=O)[O-])c2N)CCC1. The number of benzene rings is 1. The number of nitrogens with two attached hydrogens (primary N) is 1. The fraction of sp³-hybridized carbons (Fsp3) is 0.417. The molecule has 0 heterocycles. The van der Waals surface area contributed by atoms with Crippen molar-refractivity contribution in [2.75, 3.05) is 5.73 Å². The van der Waals surface area contributed by atoms with Gasteiger partial charge in [-0.1, -0.05) is 0 Å². The number of hydrogen-bond acceptors (Lipinski definition) is 4. The van der Waals surface area contributed by atoms with E-state index in [1.54, 1.807) is 0 Å². The van der Waals surface area contributed by atoms with Gasteiger partial charge in [0.25, 0.3) is 11.6 Å². The van der Waals surface area contributed by atoms with E-state index in [0.29, 0.717) is 6.07 Å². The second-order valence-corrected chi connectivity index (χ2v) is 5.01. The van der Waals surface area contributed by atoms with Crippen LogP contribution in [0.4, 0.5) is 15.8 Å². The van der Waals surface area contributed by atoms with E-state index in [1.165, 1.54) is 0 Å². The molecule has 0 bridgehead atoms. The van der Waals surface area contributed by atoms with Gasteiger partial charge in [-0.05, 0) is 32.3 Å². The average Bonchev–Trinajstić information content (AvgIpc) is 2.29. The third kappa shape index (κ3) is 2.49. The molecular formula is C12H14FN3O3. The number of nitrogens with one attached hydrogen (secondary N) is 1. The zero-order valence-corrected chi connectivity index (χ0v) is 10.4. The number of amides is 1. The molecule has 1 aliphatic rings. The lowest BCUT2D eigenvalue weighted by atomic mass is 9.78. The van der Waals surface area contributed by atoms with E-state index in [-0.39, 0.29) is 16.8 Å². The molecule has 0 radical (unpaired) electrons. The summed E-state index contributed by atoms with van der Waals surface area (Å²) in [6.45, 7) is 1.87. The zero-order chi connectivity index (χ0) is 14.2. The fourth-order valence-electron chi connectivity index (χ4n) is 2.12. The highest BCUT2D eigenvalue weighted by Crippen LogP contribution is 2.32. The largest absolute Gasteiger partial charge is 0.393 e. The first kappa shape index (κ1) is 13.3. The second kappa shape index (κ2) is 4.49. The van der Waals surface area contributed by atoms with Gasteiger partial charge < -0.3 is 11.1 Å². The van der Waals surface area contributed by atoms with Gasteiger partial charge in [0.2, 0.25) is 0 Å². The Bertz CT molecular complexity index is 555. The summed E-state index contributed by atoms with van der Waals surface area (Å²) in [7, 11) is 0. The number of nitro groups is 1. The van der Waals surface area contributed by atoms with Crippen molar-refractivity contribution >= 4 is 17.3 Å². The van der Waals surface area contributed by atoms with E-state index in [4.69, 9.17) is 5.73 Å². The predicted molar refractivity (Wildman–Crippen MR) is 67.2 cm³/mol. The van der Waals surface area contributed by atoms with E-state index in [9.17, 15) is 19.3 Å². The number of carbonyl (C=O) groups excluding carboxylic acids is 1. The van der Waals surface area contributed by atoms with Crippen LogP contribution in [0.1, 0.15) is 36.5 Å². The Labute approximate surface area is 108 Å². The molecule has 0 spiro atoms. The molecule has 1 aromatic rings. The van der Waals surface area contributed by atoms with Gasteiger partial charge in [-0.25, -0.2) is 4.39 Å². The summed E-state index contributed by atoms with van der Waals surface area (Å²) in [6, 6.07) is 1.62. The maximum absolute atomic E-state index is 13.3. The number of nitro benzene ring substituents is 1. The summed E-state index contributed by atoms with van der Waals surface area (Å²) in [5.74, 6) is -1.44. The van der Waals surface area contributed by atoms with Crippen LogP contribution in [0, 0.1) is 15.9 Å². The van der Waals surface area contributed by atoms with Crippen molar-refractivity contribution in [3.63, 3.8) is 0 Å². The van der Waals surface area contributed by atoms with Gasteiger partial charge in [0, 0.05) is 5.54 Å². The lowest BCUT2D eigenvalue weighted by molar-refractivity contribution is -0.384. The van der Waals surface area contributed by atoms with Crippen molar-refractivity contribution in [1.29, 1.82) is 0 Å². The summed E-state index contributed by atoms with van der Waals surface area (Å²) in [6.07, 6.45) is 2.67. The lowest BCUT2D eigenvalue weighted by Gasteiger charge is -2.39. The molecule has 6 nitrogen and oxygen atoms in total. The molecular weight excluding hydrogens is 253 g/mol. The monoisotopic (exact) mass is 267 g/mol. The molecule has 19 heavy (non-hydrogen) atoms. The maximum atomic E-state index is 13.3. The summed E-state index contributed by atoms with van der Waals surface area (Å²) >= 11 is 0. The smallest absolute Gasteiger partial charge is 0.295 e. The summed E-state index contributed by atoms with van der Waals surface area (Å²) in [4.78, 5) is 21.9. The van der Waals surface area contributed by atoms with Gasteiger partial charge in [0.1, 0.15) is 11.5 Å². The van der Waals surface area contributed by atoms with Crippen molar-refractivity contribution < 1.29 is 14.1 Å². The van der Waals surface area contributed by atoms with Crippen LogP contribution in [0.3, 0.4) is 0 Å². The summed E-state index contributed by atoms with van der Waals surface area (Å²) in [5, 5.41) is 13.5. The Morgan fingerprint density at radius 1 is 1.53 bits per heavy atom. The van der Waals surface area contributed by atoms with Crippen LogP contribution in [-0.2, 0) is 0 Å². The minimum absolute atomic E-state index is 0.195.